The Morgan fingerprint density at radius 3 is 2.48 bits per heavy atom. The lowest BCUT2D eigenvalue weighted by molar-refractivity contribution is 0.103. The molecule has 25 heavy (non-hydrogen) atoms. The lowest BCUT2D eigenvalue weighted by Gasteiger charge is -2.08. The largest absolute Gasteiger partial charge is 0.355 e. The summed E-state index contributed by atoms with van der Waals surface area (Å²) in [7, 11) is 0. The van der Waals surface area contributed by atoms with Crippen LogP contribution in [0.1, 0.15) is 64.6 Å². The zero-order valence-electron chi connectivity index (χ0n) is 14.0. The van der Waals surface area contributed by atoms with Crippen molar-refractivity contribution in [1.29, 1.82) is 0 Å². The van der Waals surface area contributed by atoms with Crippen LogP contribution in [-0.4, -0.2) is 21.0 Å². The fourth-order valence-electron chi connectivity index (χ4n) is 3.03. The summed E-state index contributed by atoms with van der Waals surface area (Å²) in [6.07, 6.45) is 2.51. The normalized spacial score (nSPS) is 15.1. The van der Waals surface area contributed by atoms with Crippen LogP contribution in [0.25, 0.3) is 0 Å². The predicted molar refractivity (Wildman–Crippen MR) is 95.0 cm³/mol. The molecule has 5 nitrogen and oxygen atoms in total. The van der Waals surface area contributed by atoms with Gasteiger partial charge in [-0.3, -0.25) is 9.59 Å². The Kier molecular flexibility index (Phi) is 3.84. The van der Waals surface area contributed by atoms with E-state index in [4.69, 9.17) is 0 Å². The van der Waals surface area contributed by atoms with Gasteiger partial charge in [0.05, 0.1) is 11.4 Å². The minimum atomic E-state index is -0.229. The maximum atomic E-state index is 12.7. The third kappa shape index (κ3) is 3.18. The van der Waals surface area contributed by atoms with E-state index in [0.717, 1.165) is 11.4 Å². The van der Waals surface area contributed by atoms with Gasteiger partial charge in [-0.2, -0.15) is 5.10 Å². The molecule has 0 bridgehead atoms. The molecule has 4 rings (SSSR count). The molecule has 5 heteroatoms. The second-order valence-corrected chi connectivity index (χ2v) is 6.62. The molecule has 3 aromatic rings. The van der Waals surface area contributed by atoms with Crippen LogP contribution in [0.5, 0.6) is 0 Å². The SMILES string of the molecule is CC(c1ccc(=O)[nH]n1)c1ccc(C(=O)c2ccc(C3CC3)cc2)[nH]1. The number of hydrogen-bond acceptors (Lipinski definition) is 3. The number of carbonyl (C=O) groups is 1. The van der Waals surface area contributed by atoms with Gasteiger partial charge in [-0.15, -0.1) is 0 Å². The van der Waals surface area contributed by atoms with Crippen LogP contribution < -0.4 is 5.56 Å². The molecule has 1 aromatic carbocycles. The molecule has 1 aliphatic rings. The van der Waals surface area contributed by atoms with Gasteiger partial charge >= 0.3 is 0 Å². The highest BCUT2D eigenvalue weighted by atomic mass is 16.1. The summed E-state index contributed by atoms with van der Waals surface area (Å²) in [6.45, 7) is 1.98. The van der Waals surface area contributed by atoms with Crippen molar-refractivity contribution in [1.82, 2.24) is 15.2 Å². The first-order chi connectivity index (χ1) is 12.1. The van der Waals surface area contributed by atoms with Crippen molar-refractivity contribution in [3.8, 4) is 0 Å². The number of ketones is 1. The average Bonchev–Trinajstić information content (AvgIpc) is 3.38. The second kappa shape index (κ2) is 6.16. The van der Waals surface area contributed by atoms with Gasteiger partial charge in [0, 0.05) is 23.2 Å². The summed E-state index contributed by atoms with van der Waals surface area (Å²) < 4.78 is 0. The highest BCUT2D eigenvalue weighted by molar-refractivity contribution is 6.07. The number of nitrogens with one attached hydrogen (secondary N) is 2. The van der Waals surface area contributed by atoms with E-state index in [1.165, 1.54) is 24.5 Å². The Hall–Kier alpha value is -2.95. The number of benzene rings is 1. The van der Waals surface area contributed by atoms with Crippen LogP contribution in [0, 0.1) is 0 Å². The maximum absolute atomic E-state index is 12.7. The van der Waals surface area contributed by atoms with Gasteiger partial charge in [0.25, 0.3) is 5.56 Å². The molecule has 1 saturated carbocycles. The Morgan fingerprint density at radius 1 is 1.08 bits per heavy atom. The predicted octanol–water partition coefficient (Wildman–Crippen LogP) is 3.36. The van der Waals surface area contributed by atoms with Gasteiger partial charge in [-0.25, -0.2) is 5.10 Å². The van der Waals surface area contributed by atoms with Crippen LogP contribution in [0.4, 0.5) is 0 Å². The van der Waals surface area contributed by atoms with E-state index in [9.17, 15) is 9.59 Å². The monoisotopic (exact) mass is 333 g/mol. The summed E-state index contributed by atoms with van der Waals surface area (Å²) in [5.41, 5.74) is 3.97. The van der Waals surface area contributed by atoms with Gasteiger partial charge in [0.2, 0.25) is 5.78 Å². The van der Waals surface area contributed by atoms with E-state index >= 15 is 0 Å². The van der Waals surface area contributed by atoms with Gasteiger partial charge in [-0.05, 0) is 42.5 Å². The first-order valence-corrected chi connectivity index (χ1v) is 8.51. The van der Waals surface area contributed by atoms with Crippen LogP contribution in [0.3, 0.4) is 0 Å². The van der Waals surface area contributed by atoms with Crippen molar-refractivity contribution in [2.24, 2.45) is 0 Å². The minimum Gasteiger partial charge on any atom is -0.355 e. The van der Waals surface area contributed by atoms with Gasteiger partial charge in [0.15, 0.2) is 0 Å². The van der Waals surface area contributed by atoms with E-state index in [1.54, 1.807) is 12.1 Å². The van der Waals surface area contributed by atoms with E-state index in [1.807, 2.05) is 25.1 Å². The van der Waals surface area contributed by atoms with Gasteiger partial charge < -0.3 is 4.98 Å². The molecule has 126 valence electrons. The fourth-order valence-corrected chi connectivity index (χ4v) is 3.03. The lowest BCUT2D eigenvalue weighted by atomic mass is 10.0. The minimum absolute atomic E-state index is 0.0183. The summed E-state index contributed by atoms with van der Waals surface area (Å²) >= 11 is 0. The highest BCUT2D eigenvalue weighted by Gasteiger charge is 2.23. The quantitative estimate of drug-likeness (QED) is 0.703. The van der Waals surface area contributed by atoms with Crippen LogP contribution in [-0.2, 0) is 0 Å². The van der Waals surface area contributed by atoms with Crippen molar-refractivity contribution < 1.29 is 4.79 Å². The van der Waals surface area contributed by atoms with E-state index in [0.29, 0.717) is 17.2 Å². The molecular formula is C20H19N3O2. The number of aromatic amines is 2. The molecule has 0 amide bonds. The first kappa shape index (κ1) is 15.6. The molecule has 0 aliphatic heterocycles. The first-order valence-electron chi connectivity index (χ1n) is 8.51. The second-order valence-electron chi connectivity index (χ2n) is 6.62. The molecule has 0 saturated heterocycles. The number of hydrogen-bond donors (Lipinski definition) is 2. The summed E-state index contributed by atoms with van der Waals surface area (Å²) in [5.74, 6) is 0.623. The Balaban J connectivity index is 1.54. The van der Waals surface area contributed by atoms with Crippen molar-refractivity contribution in [2.75, 3.05) is 0 Å². The molecule has 2 heterocycles. The molecule has 0 radical (unpaired) electrons. The van der Waals surface area contributed by atoms with Crippen molar-refractivity contribution in [3.63, 3.8) is 0 Å². The number of nitrogens with zero attached hydrogens (tertiary/aromatic N) is 1. The highest BCUT2D eigenvalue weighted by Crippen LogP contribution is 2.39. The van der Waals surface area contributed by atoms with Crippen LogP contribution in [0.15, 0.2) is 53.3 Å². The fraction of sp³-hybridized carbons (Fsp3) is 0.250. The zero-order chi connectivity index (χ0) is 17.4. The van der Waals surface area contributed by atoms with Gasteiger partial charge in [0.1, 0.15) is 0 Å². The smallest absolute Gasteiger partial charge is 0.264 e. The number of carbonyl (C=O) groups excluding carboxylic acids is 1. The molecule has 0 spiro atoms. The van der Waals surface area contributed by atoms with Crippen molar-refractivity contribution >= 4 is 5.78 Å². The lowest BCUT2D eigenvalue weighted by Crippen LogP contribution is -2.10. The summed E-state index contributed by atoms with van der Waals surface area (Å²) in [6, 6.07) is 14.8. The molecule has 1 fully saturated rings. The summed E-state index contributed by atoms with van der Waals surface area (Å²) in [5, 5.41) is 6.50. The van der Waals surface area contributed by atoms with E-state index in [-0.39, 0.29) is 17.3 Å². The van der Waals surface area contributed by atoms with E-state index in [2.05, 4.69) is 27.3 Å². The Morgan fingerprint density at radius 2 is 1.84 bits per heavy atom. The van der Waals surface area contributed by atoms with Crippen molar-refractivity contribution in [2.45, 2.75) is 31.6 Å². The van der Waals surface area contributed by atoms with Crippen LogP contribution in [0.2, 0.25) is 0 Å². The Labute approximate surface area is 145 Å². The number of aromatic nitrogens is 3. The molecule has 1 aliphatic carbocycles. The van der Waals surface area contributed by atoms with Crippen LogP contribution >= 0.6 is 0 Å². The number of rotatable bonds is 5. The topological polar surface area (TPSA) is 78.6 Å². The van der Waals surface area contributed by atoms with Gasteiger partial charge in [-0.1, -0.05) is 31.2 Å². The van der Waals surface area contributed by atoms with Crippen molar-refractivity contribution in [3.05, 3.63) is 87.1 Å². The molecule has 2 N–H and O–H groups in total. The zero-order valence-corrected chi connectivity index (χ0v) is 14.0. The average molecular weight is 333 g/mol. The third-order valence-corrected chi connectivity index (χ3v) is 4.79. The Bertz CT molecular complexity index is 945. The maximum Gasteiger partial charge on any atom is 0.264 e. The molecule has 1 unspecified atom stereocenters. The number of H-pyrrole nitrogens is 2. The third-order valence-electron chi connectivity index (χ3n) is 4.79. The summed E-state index contributed by atoms with van der Waals surface area (Å²) in [4.78, 5) is 27.0. The molecule has 2 aromatic heterocycles. The standard InChI is InChI=1S/C20H19N3O2/c1-12(17-10-11-19(24)23-22-17)16-8-9-18(21-16)20(25)15-6-4-14(5-7-15)13-2-3-13/h4-13,21H,2-3H2,1H3,(H,23,24). The molecular weight excluding hydrogens is 314 g/mol. The van der Waals surface area contributed by atoms with E-state index < -0.39 is 0 Å². The molecule has 1 atom stereocenters.